The average molecular weight is 282 g/mol. The van der Waals surface area contributed by atoms with Crippen molar-refractivity contribution in [3.05, 3.63) is 46.3 Å². The minimum atomic E-state index is -0.362. The molecule has 2 N–H and O–H groups in total. The number of rotatable bonds is 2. The zero-order chi connectivity index (χ0) is 13.4. The number of hydrogen-bond donors (Lipinski definition) is 2. The van der Waals surface area contributed by atoms with Gasteiger partial charge in [0.1, 0.15) is 11.6 Å². The summed E-state index contributed by atoms with van der Waals surface area (Å²) in [6.45, 7) is 0.743. The van der Waals surface area contributed by atoms with E-state index in [1.165, 1.54) is 19.2 Å². The monoisotopic (exact) mass is 281 g/mol. The molecule has 6 heteroatoms. The largest absolute Gasteiger partial charge is 0.495 e. The van der Waals surface area contributed by atoms with E-state index in [-0.39, 0.29) is 16.9 Å². The minimum Gasteiger partial charge on any atom is -0.495 e. The molecule has 100 valence electrons. The van der Waals surface area contributed by atoms with Gasteiger partial charge in [-0.3, -0.25) is 0 Å². The molecule has 0 spiro atoms. The van der Waals surface area contributed by atoms with E-state index < -0.39 is 0 Å². The maximum Gasteiger partial charge on any atom is 0.138 e. The molecule has 0 saturated carbocycles. The van der Waals surface area contributed by atoms with E-state index in [2.05, 4.69) is 15.3 Å². The number of imidazole rings is 1. The van der Waals surface area contributed by atoms with Crippen LogP contribution in [0, 0.1) is 5.82 Å². The molecule has 2 aromatic rings. The molecule has 2 heterocycles. The van der Waals surface area contributed by atoms with Crippen molar-refractivity contribution in [2.75, 3.05) is 13.7 Å². The van der Waals surface area contributed by atoms with Gasteiger partial charge in [0.15, 0.2) is 0 Å². The van der Waals surface area contributed by atoms with Crippen molar-refractivity contribution in [1.29, 1.82) is 0 Å². The van der Waals surface area contributed by atoms with Gasteiger partial charge in [-0.15, -0.1) is 0 Å². The van der Waals surface area contributed by atoms with Crippen molar-refractivity contribution in [3.63, 3.8) is 0 Å². The number of nitrogens with zero attached hydrogens (tertiary/aromatic N) is 1. The van der Waals surface area contributed by atoms with E-state index in [1.54, 1.807) is 6.33 Å². The second kappa shape index (κ2) is 4.83. The Morgan fingerprint density at radius 3 is 3.11 bits per heavy atom. The fourth-order valence-electron chi connectivity index (χ4n) is 2.43. The van der Waals surface area contributed by atoms with Crippen molar-refractivity contribution in [2.45, 2.75) is 12.5 Å². The zero-order valence-corrected chi connectivity index (χ0v) is 11.1. The number of nitrogens with one attached hydrogen (secondary N) is 2. The van der Waals surface area contributed by atoms with Gasteiger partial charge in [-0.1, -0.05) is 11.6 Å². The van der Waals surface area contributed by atoms with Crippen LogP contribution in [0.2, 0.25) is 5.02 Å². The lowest BCUT2D eigenvalue weighted by Gasteiger charge is -2.25. The zero-order valence-electron chi connectivity index (χ0n) is 10.3. The van der Waals surface area contributed by atoms with E-state index in [9.17, 15) is 4.39 Å². The number of benzene rings is 1. The first-order valence-electron chi connectivity index (χ1n) is 5.99. The Kier molecular flexibility index (Phi) is 3.16. The molecule has 0 aliphatic carbocycles. The normalized spacial score (nSPS) is 18.2. The van der Waals surface area contributed by atoms with Crippen LogP contribution >= 0.6 is 11.6 Å². The highest BCUT2D eigenvalue weighted by molar-refractivity contribution is 6.33. The molecule has 0 amide bonds. The van der Waals surface area contributed by atoms with Gasteiger partial charge in [0, 0.05) is 24.2 Å². The SMILES string of the molecule is COc1ccc(F)c([C@@H]2NCCc3[nH]cnc32)c1Cl. The Bertz CT molecular complexity index is 614. The second-order valence-electron chi connectivity index (χ2n) is 4.38. The van der Waals surface area contributed by atoms with Gasteiger partial charge in [0.2, 0.25) is 0 Å². The van der Waals surface area contributed by atoms with Crippen LogP contribution in [0.1, 0.15) is 23.0 Å². The molecule has 4 nitrogen and oxygen atoms in total. The molecule has 1 aromatic carbocycles. The maximum atomic E-state index is 14.1. The van der Waals surface area contributed by atoms with Crippen LogP contribution in [0.4, 0.5) is 4.39 Å². The van der Waals surface area contributed by atoms with Gasteiger partial charge in [-0.05, 0) is 12.1 Å². The highest BCUT2D eigenvalue weighted by Crippen LogP contribution is 2.37. The standard InChI is InChI=1S/C13H13ClFN3O/c1-19-9-3-2-7(15)10(11(9)14)13-12-8(4-5-16-13)17-6-18-12/h2-3,6,13,16H,4-5H2,1H3,(H,17,18)/t13-/m0/s1. The third-order valence-corrected chi connectivity index (χ3v) is 3.74. The number of fused-ring (bicyclic) bond motifs is 1. The van der Waals surface area contributed by atoms with Crippen LogP contribution < -0.4 is 10.1 Å². The van der Waals surface area contributed by atoms with Gasteiger partial charge in [0.05, 0.1) is 30.2 Å². The summed E-state index contributed by atoms with van der Waals surface area (Å²) in [7, 11) is 1.51. The Labute approximate surface area is 115 Å². The number of H-pyrrole nitrogens is 1. The number of hydrogen-bond acceptors (Lipinski definition) is 3. The smallest absolute Gasteiger partial charge is 0.138 e. The van der Waals surface area contributed by atoms with Crippen LogP contribution in [0.25, 0.3) is 0 Å². The number of aromatic nitrogens is 2. The van der Waals surface area contributed by atoms with E-state index in [0.717, 1.165) is 24.4 Å². The highest BCUT2D eigenvalue weighted by atomic mass is 35.5. The van der Waals surface area contributed by atoms with Gasteiger partial charge in [-0.25, -0.2) is 9.37 Å². The topological polar surface area (TPSA) is 49.9 Å². The molecule has 0 bridgehead atoms. The summed E-state index contributed by atoms with van der Waals surface area (Å²) < 4.78 is 19.3. The number of halogens is 2. The third kappa shape index (κ3) is 1.99. The molecule has 0 fully saturated rings. The Morgan fingerprint density at radius 1 is 1.47 bits per heavy atom. The predicted molar refractivity (Wildman–Crippen MR) is 70.1 cm³/mol. The molecule has 1 atom stereocenters. The second-order valence-corrected chi connectivity index (χ2v) is 4.76. The summed E-state index contributed by atoms with van der Waals surface area (Å²) >= 11 is 6.24. The molecule has 0 radical (unpaired) electrons. The van der Waals surface area contributed by atoms with Crippen LogP contribution in [0.3, 0.4) is 0 Å². The number of methoxy groups -OCH3 is 1. The molecule has 0 saturated heterocycles. The van der Waals surface area contributed by atoms with Crippen molar-refractivity contribution in [3.8, 4) is 5.75 Å². The van der Waals surface area contributed by atoms with Crippen LogP contribution in [0.15, 0.2) is 18.5 Å². The summed E-state index contributed by atoms with van der Waals surface area (Å²) in [5, 5.41) is 3.54. The molecule has 19 heavy (non-hydrogen) atoms. The van der Waals surface area contributed by atoms with Crippen molar-refractivity contribution in [1.82, 2.24) is 15.3 Å². The molecular weight excluding hydrogens is 269 g/mol. The summed E-state index contributed by atoms with van der Waals surface area (Å²) in [4.78, 5) is 7.35. The van der Waals surface area contributed by atoms with Crippen LogP contribution in [-0.2, 0) is 6.42 Å². The predicted octanol–water partition coefficient (Wildman–Crippen LogP) is 2.45. The van der Waals surface area contributed by atoms with E-state index >= 15 is 0 Å². The van der Waals surface area contributed by atoms with Crippen molar-refractivity contribution < 1.29 is 9.13 Å². The first-order chi connectivity index (χ1) is 9.22. The average Bonchev–Trinajstić information content (AvgIpc) is 2.88. The van der Waals surface area contributed by atoms with Crippen molar-refractivity contribution >= 4 is 11.6 Å². The lowest BCUT2D eigenvalue weighted by Crippen LogP contribution is -2.31. The lowest BCUT2D eigenvalue weighted by atomic mass is 9.97. The Hall–Kier alpha value is -1.59. The van der Waals surface area contributed by atoms with Gasteiger partial charge in [0.25, 0.3) is 0 Å². The van der Waals surface area contributed by atoms with Crippen molar-refractivity contribution in [2.24, 2.45) is 0 Å². The van der Waals surface area contributed by atoms with E-state index in [4.69, 9.17) is 16.3 Å². The first kappa shape index (κ1) is 12.4. The van der Waals surface area contributed by atoms with E-state index in [0.29, 0.717) is 11.3 Å². The maximum absolute atomic E-state index is 14.1. The summed E-state index contributed by atoms with van der Waals surface area (Å²) in [5.74, 6) is 0.0988. The van der Waals surface area contributed by atoms with Gasteiger partial charge in [-0.2, -0.15) is 0 Å². The highest BCUT2D eigenvalue weighted by Gasteiger charge is 2.29. The van der Waals surface area contributed by atoms with Crippen LogP contribution in [0.5, 0.6) is 5.75 Å². The summed E-state index contributed by atoms with van der Waals surface area (Å²) in [6.07, 6.45) is 2.46. The molecule has 1 aliphatic rings. The van der Waals surface area contributed by atoms with E-state index in [1.807, 2.05) is 0 Å². The summed E-state index contributed by atoms with van der Waals surface area (Å²) in [5.41, 5.74) is 2.19. The van der Waals surface area contributed by atoms with Gasteiger partial charge < -0.3 is 15.0 Å². The number of aromatic amines is 1. The first-order valence-corrected chi connectivity index (χ1v) is 6.37. The molecule has 0 unspecified atom stereocenters. The Balaban J connectivity index is 2.14. The fraction of sp³-hybridized carbons (Fsp3) is 0.308. The fourth-order valence-corrected chi connectivity index (χ4v) is 2.77. The summed E-state index contributed by atoms with van der Waals surface area (Å²) in [6, 6.07) is 2.54. The lowest BCUT2D eigenvalue weighted by molar-refractivity contribution is 0.411. The quantitative estimate of drug-likeness (QED) is 0.889. The van der Waals surface area contributed by atoms with Crippen LogP contribution in [-0.4, -0.2) is 23.6 Å². The third-order valence-electron chi connectivity index (χ3n) is 3.35. The molecular formula is C13H13ClFN3O. The minimum absolute atomic E-state index is 0.288. The number of ether oxygens (including phenoxy) is 1. The molecule has 1 aliphatic heterocycles. The molecule has 1 aromatic heterocycles. The Morgan fingerprint density at radius 2 is 2.32 bits per heavy atom. The van der Waals surface area contributed by atoms with Gasteiger partial charge >= 0.3 is 0 Å². The molecule has 3 rings (SSSR count).